The molecule has 0 aliphatic carbocycles. The van der Waals surface area contributed by atoms with Gasteiger partial charge in [-0.25, -0.2) is 4.98 Å². The second kappa shape index (κ2) is 2.05. The van der Waals surface area contributed by atoms with Gasteiger partial charge in [-0.15, -0.1) is 0 Å². The van der Waals surface area contributed by atoms with Gasteiger partial charge in [-0.3, -0.25) is 4.21 Å². The van der Waals surface area contributed by atoms with Crippen LogP contribution in [0.3, 0.4) is 0 Å². The first kappa shape index (κ1) is 5.85. The lowest BCUT2D eigenvalue weighted by Crippen LogP contribution is -1.94. The molecule has 0 aromatic carbocycles. The summed E-state index contributed by atoms with van der Waals surface area (Å²) in [5.74, 6) is 0.506. The van der Waals surface area contributed by atoms with Crippen LogP contribution in [-0.2, 0) is 10.8 Å². The number of hydrogen-bond donors (Lipinski definition) is 1. The molecule has 2 heterocycles. The Morgan fingerprint density at radius 3 is 3.40 bits per heavy atom. The number of fused-ring (bicyclic) bond motifs is 1. The zero-order valence-electron chi connectivity index (χ0n) is 5.20. The molecule has 1 aromatic rings. The molecule has 0 saturated heterocycles. The summed E-state index contributed by atoms with van der Waals surface area (Å²) in [6.45, 7) is 0. The van der Waals surface area contributed by atoms with Crippen LogP contribution in [0.1, 0.15) is 0 Å². The lowest BCUT2D eigenvalue weighted by Gasteiger charge is -1.91. The predicted octanol–water partition coefficient (Wildman–Crippen LogP) is 0.572. The monoisotopic (exact) mass is 154 g/mol. The number of nitrogens with zero attached hydrogens (tertiary/aromatic N) is 1. The smallest absolute Gasteiger partial charge is 0.152 e. The molecule has 52 valence electrons. The van der Waals surface area contributed by atoms with E-state index in [-0.39, 0.29) is 0 Å². The van der Waals surface area contributed by atoms with Crippen molar-refractivity contribution in [1.29, 1.82) is 0 Å². The summed E-state index contributed by atoms with van der Waals surface area (Å²) in [4.78, 5) is 3.98. The van der Waals surface area contributed by atoms with Crippen LogP contribution >= 0.6 is 0 Å². The van der Waals surface area contributed by atoms with Crippen LogP contribution in [0, 0.1) is 0 Å². The van der Waals surface area contributed by atoms with E-state index < -0.39 is 10.8 Å². The normalized spacial score (nSPS) is 21.8. The average Bonchev–Trinajstić information content (AvgIpc) is 2.34. The Morgan fingerprint density at radius 1 is 1.70 bits per heavy atom. The molecule has 0 spiro atoms. The van der Waals surface area contributed by atoms with Crippen molar-refractivity contribution in [2.45, 2.75) is 5.03 Å². The van der Waals surface area contributed by atoms with Gasteiger partial charge in [-0.1, -0.05) is 0 Å². The highest BCUT2D eigenvalue weighted by Crippen LogP contribution is 2.21. The van der Waals surface area contributed by atoms with Crippen molar-refractivity contribution in [1.82, 2.24) is 4.98 Å². The Balaban J connectivity index is 2.61. The SMILES string of the molecule is O=S1CNc2cccnc21. The molecule has 1 atom stereocenters. The fourth-order valence-electron chi connectivity index (χ4n) is 0.918. The molecule has 2 rings (SSSR count). The Kier molecular flexibility index (Phi) is 1.20. The zero-order valence-corrected chi connectivity index (χ0v) is 6.02. The summed E-state index contributed by atoms with van der Waals surface area (Å²) in [6, 6.07) is 3.71. The van der Waals surface area contributed by atoms with Crippen LogP contribution in [0.15, 0.2) is 23.4 Å². The van der Waals surface area contributed by atoms with Crippen LogP contribution in [0.4, 0.5) is 5.69 Å². The molecule has 10 heavy (non-hydrogen) atoms. The van der Waals surface area contributed by atoms with Gasteiger partial charge in [0.15, 0.2) is 5.03 Å². The quantitative estimate of drug-likeness (QED) is 0.594. The molecule has 1 unspecified atom stereocenters. The highest BCUT2D eigenvalue weighted by Gasteiger charge is 2.17. The molecule has 1 aliphatic rings. The molecular formula is C6H6N2OS. The lowest BCUT2D eigenvalue weighted by molar-refractivity contribution is 0.684. The van der Waals surface area contributed by atoms with Gasteiger partial charge in [-0.2, -0.15) is 0 Å². The molecule has 0 amide bonds. The summed E-state index contributed by atoms with van der Waals surface area (Å²) in [7, 11) is -0.920. The van der Waals surface area contributed by atoms with Gasteiger partial charge in [0, 0.05) is 6.20 Å². The van der Waals surface area contributed by atoms with Crippen molar-refractivity contribution < 1.29 is 4.21 Å². The van der Waals surface area contributed by atoms with E-state index >= 15 is 0 Å². The van der Waals surface area contributed by atoms with E-state index in [1.807, 2.05) is 12.1 Å². The van der Waals surface area contributed by atoms with Crippen molar-refractivity contribution >= 4 is 16.5 Å². The second-order valence-electron chi connectivity index (χ2n) is 2.02. The molecule has 0 bridgehead atoms. The minimum atomic E-state index is -0.920. The van der Waals surface area contributed by atoms with E-state index in [9.17, 15) is 4.21 Å². The van der Waals surface area contributed by atoms with Gasteiger partial charge in [0.25, 0.3) is 0 Å². The molecule has 0 radical (unpaired) electrons. The number of aromatic nitrogens is 1. The summed E-state index contributed by atoms with van der Waals surface area (Å²) >= 11 is 0. The zero-order chi connectivity index (χ0) is 6.97. The van der Waals surface area contributed by atoms with Crippen molar-refractivity contribution in [3.63, 3.8) is 0 Å². The van der Waals surface area contributed by atoms with Crippen LogP contribution in [-0.4, -0.2) is 15.1 Å². The van der Waals surface area contributed by atoms with Gasteiger partial charge in [0.1, 0.15) is 0 Å². The van der Waals surface area contributed by atoms with Crippen molar-refractivity contribution in [2.75, 3.05) is 11.2 Å². The first-order valence-electron chi connectivity index (χ1n) is 2.95. The maximum atomic E-state index is 11.1. The Morgan fingerprint density at radius 2 is 2.60 bits per heavy atom. The fraction of sp³-hybridized carbons (Fsp3) is 0.167. The standard InChI is InChI=1S/C6H6N2OS/c9-10-4-8-5-2-1-3-7-6(5)10/h1-3,8H,4H2. The number of hydrogen-bond acceptors (Lipinski definition) is 3. The maximum Gasteiger partial charge on any atom is 0.152 e. The van der Waals surface area contributed by atoms with Gasteiger partial charge in [-0.05, 0) is 12.1 Å². The third-order valence-corrected chi connectivity index (χ3v) is 2.54. The van der Waals surface area contributed by atoms with E-state index in [0.717, 1.165) is 5.69 Å². The number of rotatable bonds is 0. The van der Waals surface area contributed by atoms with Crippen LogP contribution in [0.2, 0.25) is 0 Å². The van der Waals surface area contributed by atoms with Gasteiger partial charge >= 0.3 is 0 Å². The van der Waals surface area contributed by atoms with E-state index in [4.69, 9.17) is 0 Å². The van der Waals surface area contributed by atoms with Crippen molar-refractivity contribution in [2.24, 2.45) is 0 Å². The first-order valence-corrected chi connectivity index (χ1v) is 4.27. The van der Waals surface area contributed by atoms with Crippen molar-refractivity contribution in [3.8, 4) is 0 Å². The molecule has 3 nitrogen and oxygen atoms in total. The Labute approximate surface area is 60.9 Å². The second-order valence-corrected chi connectivity index (χ2v) is 3.39. The highest BCUT2D eigenvalue weighted by atomic mass is 32.2. The third kappa shape index (κ3) is 0.724. The van der Waals surface area contributed by atoms with Crippen LogP contribution in [0.5, 0.6) is 0 Å². The van der Waals surface area contributed by atoms with Gasteiger partial charge in [0.05, 0.1) is 22.4 Å². The summed E-state index contributed by atoms with van der Waals surface area (Å²) in [6.07, 6.45) is 1.66. The topological polar surface area (TPSA) is 42.0 Å². The lowest BCUT2D eigenvalue weighted by atomic mass is 10.4. The molecule has 0 fully saturated rings. The summed E-state index contributed by atoms with van der Waals surface area (Å²) in [5.41, 5.74) is 0.904. The fourth-order valence-corrected chi connectivity index (χ4v) is 1.91. The Bertz CT molecular complexity index is 287. The molecule has 0 saturated carbocycles. The van der Waals surface area contributed by atoms with Crippen LogP contribution < -0.4 is 5.32 Å². The third-order valence-electron chi connectivity index (χ3n) is 1.38. The minimum Gasteiger partial charge on any atom is -0.371 e. The molecule has 1 aliphatic heterocycles. The average molecular weight is 154 g/mol. The molecular weight excluding hydrogens is 148 g/mol. The van der Waals surface area contributed by atoms with Gasteiger partial charge in [0.2, 0.25) is 0 Å². The summed E-state index contributed by atoms with van der Waals surface area (Å²) in [5, 5.41) is 3.67. The van der Waals surface area contributed by atoms with Gasteiger partial charge < -0.3 is 5.32 Å². The first-order chi connectivity index (χ1) is 4.88. The molecule has 1 aromatic heterocycles. The minimum absolute atomic E-state index is 0.506. The number of pyridine rings is 1. The van der Waals surface area contributed by atoms with Crippen molar-refractivity contribution in [3.05, 3.63) is 18.3 Å². The number of nitrogens with one attached hydrogen (secondary N) is 1. The molecule has 1 N–H and O–H groups in total. The predicted molar refractivity (Wildman–Crippen MR) is 39.1 cm³/mol. The number of anilines is 1. The van der Waals surface area contributed by atoms with Crippen LogP contribution in [0.25, 0.3) is 0 Å². The largest absolute Gasteiger partial charge is 0.371 e. The van der Waals surface area contributed by atoms with E-state index in [2.05, 4.69) is 10.3 Å². The van der Waals surface area contributed by atoms with E-state index in [0.29, 0.717) is 10.9 Å². The van der Waals surface area contributed by atoms with E-state index in [1.165, 1.54) is 0 Å². The Hall–Kier alpha value is -0.900. The highest BCUT2D eigenvalue weighted by molar-refractivity contribution is 7.85. The maximum absolute atomic E-state index is 11.1. The summed E-state index contributed by atoms with van der Waals surface area (Å²) < 4.78 is 11.1. The molecule has 4 heteroatoms. The van der Waals surface area contributed by atoms with E-state index in [1.54, 1.807) is 6.20 Å².